The van der Waals surface area contributed by atoms with Crippen LogP contribution in [-0.2, 0) is 6.18 Å². The average Bonchev–Trinajstić information content (AvgIpc) is 2.86. The van der Waals surface area contributed by atoms with Gasteiger partial charge in [0.1, 0.15) is 0 Å². The Balaban J connectivity index is 2.01. The zero-order valence-corrected chi connectivity index (χ0v) is 12.3. The summed E-state index contributed by atoms with van der Waals surface area (Å²) in [6.45, 7) is 1.55. The Morgan fingerprint density at radius 3 is 2.73 bits per heavy atom. The van der Waals surface area contributed by atoms with E-state index in [1.165, 1.54) is 6.20 Å². The molecule has 118 valence electrons. The topological polar surface area (TPSA) is 42.1 Å². The number of nitrogens with zero attached hydrogens (tertiary/aromatic N) is 2. The summed E-state index contributed by atoms with van der Waals surface area (Å²) in [5.41, 5.74) is 6.07. The zero-order valence-electron chi connectivity index (χ0n) is 12.3. The largest absolute Gasteiger partial charge is 0.418 e. The summed E-state index contributed by atoms with van der Waals surface area (Å²) in [6, 6.07) is 5.36. The van der Waals surface area contributed by atoms with Gasteiger partial charge in [-0.05, 0) is 42.9 Å². The van der Waals surface area contributed by atoms with Crippen molar-refractivity contribution in [1.82, 2.24) is 9.88 Å². The lowest BCUT2D eigenvalue weighted by molar-refractivity contribution is -0.136. The van der Waals surface area contributed by atoms with E-state index in [1.54, 1.807) is 12.1 Å². The molecule has 6 heteroatoms. The average molecular weight is 309 g/mol. The number of hydrogen-bond donors (Lipinski definition) is 1. The summed E-state index contributed by atoms with van der Waals surface area (Å²) >= 11 is 0. The van der Waals surface area contributed by atoms with Crippen LogP contribution in [0.25, 0.3) is 10.8 Å². The highest BCUT2D eigenvalue weighted by Gasteiger charge is 2.34. The first-order valence-corrected chi connectivity index (χ1v) is 7.25. The van der Waals surface area contributed by atoms with E-state index in [9.17, 15) is 13.2 Å². The first-order valence-electron chi connectivity index (χ1n) is 7.25. The molecule has 1 aromatic heterocycles. The van der Waals surface area contributed by atoms with E-state index in [-0.39, 0.29) is 11.4 Å². The van der Waals surface area contributed by atoms with Gasteiger partial charge in [-0.3, -0.25) is 9.88 Å². The van der Waals surface area contributed by atoms with E-state index < -0.39 is 11.7 Å². The fourth-order valence-electron chi connectivity index (χ4n) is 3.29. The highest BCUT2D eigenvalue weighted by molar-refractivity contribution is 5.86. The van der Waals surface area contributed by atoms with Gasteiger partial charge in [-0.1, -0.05) is 12.1 Å². The number of hydrogen-bond acceptors (Lipinski definition) is 3. The van der Waals surface area contributed by atoms with Crippen molar-refractivity contribution in [2.45, 2.75) is 18.6 Å². The lowest BCUT2D eigenvalue weighted by atomic mass is 9.97. The minimum absolute atomic E-state index is 0.197. The third-order valence-electron chi connectivity index (χ3n) is 4.44. The number of aromatic nitrogens is 1. The van der Waals surface area contributed by atoms with Crippen LogP contribution in [0.3, 0.4) is 0 Å². The van der Waals surface area contributed by atoms with Crippen molar-refractivity contribution in [3.05, 3.63) is 41.7 Å². The van der Waals surface area contributed by atoms with Crippen molar-refractivity contribution in [3.8, 4) is 0 Å². The Bertz CT molecular complexity index is 684. The highest BCUT2D eigenvalue weighted by Crippen LogP contribution is 2.38. The second-order valence-corrected chi connectivity index (χ2v) is 5.96. The second kappa shape index (κ2) is 5.52. The van der Waals surface area contributed by atoms with Crippen molar-refractivity contribution < 1.29 is 13.2 Å². The molecule has 0 bridgehead atoms. The third kappa shape index (κ3) is 2.68. The Kier molecular flexibility index (Phi) is 3.82. The van der Waals surface area contributed by atoms with Crippen LogP contribution < -0.4 is 5.73 Å². The summed E-state index contributed by atoms with van der Waals surface area (Å²) in [6.07, 6.45) is -1.08. The third-order valence-corrected chi connectivity index (χ3v) is 4.44. The van der Waals surface area contributed by atoms with Gasteiger partial charge in [0.25, 0.3) is 0 Å². The summed E-state index contributed by atoms with van der Waals surface area (Å²) in [5.74, 6) is 0.435. The fourth-order valence-corrected chi connectivity index (χ4v) is 3.29. The predicted octanol–water partition coefficient (Wildman–Crippen LogP) is 3.21. The summed E-state index contributed by atoms with van der Waals surface area (Å²) in [4.78, 5) is 5.95. The minimum Gasteiger partial charge on any atom is -0.330 e. The Labute approximate surface area is 126 Å². The molecule has 2 atom stereocenters. The summed E-state index contributed by atoms with van der Waals surface area (Å²) < 4.78 is 39.0. The van der Waals surface area contributed by atoms with E-state index in [0.29, 0.717) is 17.8 Å². The maximum atomic E-state index is 13.0. The van der Waals surface area contributed by atoms with Crippen molar-refractivity contribution in [2.75, 3.05) is 20.1 Å². The molecule has 2 heterocycles. The molecule has 1 aromatic carbocycles. The summed E-state index contributed by atoms with van der Waals surface area (Å²) in [7, 11) is 2.02. The van der Waals surface area contributed by atoms with E-state index >= 15 is 0 Å². The number of halogens is 3. The Morgan fingerprint density at radius 1 is 1.32 bits per heavy atom. The number of likely N-dealkylation sites (tertiary alicyclic amines) is 1. The van der Waals surface area contributed by atoms with Crippen molar-refractivity contribution in [3.63, 3.8) is 0 Å². The molecule has 1 aliphatic rings. The standard InChI is InChI=1S/C16H18F3N3/c1-22-9-10(6-20)4-15(22)11-2-3-13-12(5-11)7-21-8-14(13)16(17,18)19/h2-3,5,7-8,10,15H,4,6,9,20H2,1H3. The molecule has 0 aliphatic carbocycles. The SMILES string of the molecule is CN1CC(CN)CC1c1ccc2c(C(F)(F)F)cncc2c1. The van der Waals surface area contributed by atoms with Gasteiger partial charge in [-0.2, -0.15) is 13.2 Å². The maximum Gasteiger partial charge on any atom is 0.418 e. The number of alkyl halides is 3. The van der Waals surface area contributed by atoms with Crippen molar-refractivity contribution in [2.24, 2.45) is 11.7 Å². The van der Waals surface area contributed by atoms with Gasteiger partial charge >= 0.3 is 6.18 Å². The van der Waals surface area contributed by atoms with Crippen LogP contribution in [0.5, 0.6) is 0 Å². The molecule has 2 N–H and O–H groups in total. The van der Waals surface area contributed by atoms with E-state index in [0.717, 1.165) is 24.7 Å². The molecule has 2 aromatic rings. The molecular formula is C16H18F3N3. The Hall–Kier alpha value is -1.66. The van der Waals surface area contributed by atoms with Crippen LogP contribution in [-0.4, -0.2) is 30.0 Å². The van der Waals surface area contributed by atoms with Gasteiger partial charge in [0.2, 0.25) is 0 Å². The van der Waals surface area contributed by atoms with Crippen LogP contribution in [0.4, 0.5) is 13.2 Å². The zero-order chi connectivity index (χ0) is 15.9. The molecule has 0 saturated carbocycles. The first-order chi connectivity index (χ1) is 10.4. The molecule has 0 amide bonds. The number of benzene rings is 1. The van der Waals surface area contributed by atoms with Gasteiger partial charge in [0.05, 0.1) is 5.56 Å². The maximum absolute atomic E-state index is 13.0. The van der Waals surface area contributed by atoms with Gasteiger partial charge in [-0.25, -0.2) is 0 Å². The van der Waals surface area contributed by atoms with E-state index in [2.05, 4.69) is 9.88 Å². The number of rotatable bonds is 2. The molecule has 1 saturated heterocycles. The predicted molar refractivity (Wildman–Crippen MR) is 79.3 cm³/mol. The lowest BCUT2D eigenvalue weighted by Gasteiger charge is -2.20. The van der Waals surface area contributed by atoms with Crippen LogP contribution in [0.15, 0.2) is 30.6 Å². The van der Waals surface area contributed by atoms with E-state index in [1.807, 2.05) is 13.1 Å². The molecular weight excluding hydrogens is 291 g/mol. The highest BCUT2D eigenvalue weighted by atomic mass is 19.4. The Morgan fingerprint density at radius 2 is 2.09 bits per heavy atom. The molecule has 1 aliphatic heterocycles. The quantitative estimate of drug-likeness (QED) is 0.926. The van der Waals surface area contributed by atoms with Crippen molar-refractivity contribution >= 4 is 10.8 Å². The molecule has 1 fully saturated rings. The summed E-state index contributed by atoms with van der Waals surface area (Å²) in [5, 5.41) is 0.721. The molecule has 0 radical (unpaired) electrons. The van der Waals surface area contributed by atoms with Crippen LogP contribution >= 0.6 is 0 Å². The van der Waals surface area contributed by atoms with Gasteiger partial charge < -0.3 is 5.73 Å². The van der Waals surface area contributed by atoms with Crippen LogP contribution in [0.2, 0.25) is 0 Å². The second-order valence-electron chi connectivity index (χ2n) is 5.96. The molecule has 3 rings (SSSR count). The van der Waals surface area contributed by atoms with E-state index in [4.69, 9.17) is 5.73 Å². The smallest absolute Gasteiger partial charge is 0.330 e. The molecule has 22 heavy (non-hydrogen) atoms. The van der Waals surface area contributed by atoms with Crippen LogP contribution in [0.1, 0.15) is 23.6 Å². The van der Waals surface area contributed by atoms with Crippen molar-refractivity contribution in [1.29, 1.82) is 0 Å². The fraction of sp³-hybridized carbons (Fsp3) is 0.438. The monoisotopic (exact) mass is 309 g/mol. The molecule has 3 nitrogen and oxygen atoms in total. The first kappa shape index (κ1) is 15.2. The minimum atomic E-state index is -4.39. The lowest BCUT2D eigenvalue weighted by Crippen LogP contribution is -2.20. The van der Waals surface area contributed by atoms with Gasteiger partial charge in [0, 0.05) is 30.4 Å². The number of nitrogens with two attached hydrogens (primary N) is 1. The normalized spacial score (nSPS) is 23.3. The van der Waals surface area contributed by atoms with Gasteiger partial charge in [0.15, 0.2) is 0 Å². The van der Waals surface area contributed by atoms with Crippen LogP contribution in [0, 0.1) is 5.92 Å². The molecule has 0 spiro atoms. The number of pyridine rings is 1. The van der Waals surface area contributed by atoms with Gasteiger partial charge in [-0.15, -0.1) is 0 Å². The molecule has 2 unspecified atom stereocenters. The number of fused-ring (bicyclic) bond motifs is 1.